The van der Waals surface area contributed by atoms with Crippen LogP contribution in [0.5, 0.6) is 11.6 Å². The van der Waals surface area contributed by atoms with E-state index in [0.717, 1.165) is 4.90 Å². The molecule has 60 heavy (non-hydrogen) atoms. The van der Waals surface area contributed by atoms with Gasteiger partial charge in [0.2, 0.25) is 27.7 Å². The number of aryl methyl sites for hydroxylation is 1. The molecule has 3 aliphatic heterocycles. The maximum absolute atomic E-state index is 15.1. The van der Waals surface area contributed by atoms with Gasteiger partial charge in [0.1, 0.15) is 46.4 Å². The zero-order valence-electron chi connectivity index (χ0n) is 33.9. The number of ether oxygens (including phenoxy) is 2. The summed E-state index contributed by atoms with van der Waals surface area (Å²) < 4.78 is 97.2. The highest BCUT2D eigenvalue weighted by molar-refractivity contribution is 7.91. The first kappa shape index (κ1) is 43.4. The lowest BCUT2D eigenvalue weighted by molar-refractivity contribution is -0.222. The molecule has 4 heterocycles. The Morgan fingerprint density at radius 2 is 1.83 bits per heavy atom. The molecule has 19 heteroatoms. The van der Waals surface area contributed by atoms with E-state index >= 15 is 4.79 Å². The number of sulfonamides is 1. The van der Waals surface area contributed by atoms with E-state index in [0.29, 0.717) is 68.4 Å². The molecule has 7 rings (SSSR count). The largest absolute Gasteiger partial charge is 0.491 e. The number of allylic oxidation sites excluding steroid dienone is 1. The topological polar surface area (TPSA) is 185 Å². The Morgan fingerprint density at radius 3 is 2.48 bits per heavy atom. The van der Waals surface area contributed by atoms with Gasteiger partial charge in [-0.2, -0.15) is 13.2 Å². The van der Waals surface area contributed by atoms with Gasteiger partial charge in [-0.05, 0) is 83.1 Å². The third kappa shape index (κ3) is 7.74. The van der Waals surface area contributed by atoms with Crippen LogP contribution < -0.4 is 19.5 Å². The van der Waals surface area contributed by atoms with E-state index in [4.69, 9.17) is 14.5 Å². The summed E-state index contributed by atoms with van der Waals surface area (Å²) in [5.74, 6) is -4.22. The van der Waals surface area contributed by atoms with Crippen LogP contribution in [0.1, 0.15) is 84.8 Å². The molecule has 4 amide bonds. The zero-order chi connectivity index (χ0) is 43.6. The lowest BCUT2D eigenvalue weighted by Gasteiger charge is -2.45. The van der Waals surface area contributed by atoms with Gasteiger partial charge in [-0.3, -0.25) is 24.0 Å². The summed E-state index contributed by atoms with van der Waals surface area (Å²) >= 11 is 0. The van der Waals surface area contributed by atoms with Crippen LogP contribution in [-0.2, 0) is 30.8 Å². The number of carbonyl (C=O) groups is 4. The maximum Gasteiger partial charge on any atom is 0.411 e. The van der Waals surface area contributed by atoms with Crippen LogP contribution in [0.25, 0.3) is 10.8 Å². The predicted octanol–water partition coefficient (Wildman–Crippen LogP) is 5.43. The Bertz CT molecular complexity index is 2200. The number of carbonyl (C=O) groups excluding carboxylic acids is 3. The second-order valence-corrected chi connectivity index (χ2v) is 19.7. The van der Waals surface area contributed by atoms with E-state index in [-0.39, 0.29) is 55.3 Å². The van der Waals surface area contributed by atoms with Crippen LogP contribution in [0.2, 0.25) is 0 Å². The number of alkyl halides is 4. The molecule has 1 aromatic heterocycles. The number of nitrogens with one attached hydrogen (secondary N) is 2. The molecule has 14 nitrogen and oxygen atoms in total. The minimum atomic E-state index is -5.11. The third-order valence-electron chi connectivity index (χ3n) is 13.0. The molecule has 2 aliphatic carbocycles. The van der Waals surface area contributed by atoms with Crippen molar-refractivity contribution < 1.29 is 59.7 Å². The Hall–Kier alpha value is -4.68. The first-order valence-corrected chi connectivity index (χ1v) is 21.9. The number of aromatic nitrogens is 1. The monoisotopic (exact) mass is 865 g/mol. The first-order valence-electron chi connectivity index (χ1n) is 20.4. The van der Waals surface area contributed by atoms with E-state index in [2.05, 4.69) is 5.32 Å². The maximum atomic E-state index is 15.1. The molecule has 3 N–H and O–H groups in total. The fourth-order valence-corrected chi connectivity index (χ4v) is 10.4. The smallest absolute Gasteiger partial charge is 0.411 e. The van der Waals surface area contributed by atoms with Crippen molar-refractivity contribution in [3.05, 3.63) is 42.1 Å². The summed E-state index contributed by atoms with van der Waals surface area (Å²) in [6.45, 7) is 3.60. The molecule has 2 aromatic rings. The van der Waals surface area contributed by atoms with Gasteiger partial charge < -0.3 is 24.8 Å². The van der Waals surface area contributed by atoms with E-state index < -0.39 is 92.5 Å². The second kappa shape index (κ2) is 15.7. The van der Waals surface area contributed by atoms with Crippen molar-refractivity contribution in [2.24, 2.45) is 17.8 Å². The lowest BCUT2D eigenvalue weighted by Crippen LogP contribution is -2.66. The number of fused-ring (bicyclic) bond motifs is 5. The predicted molar refractivity (Wildman–Crippen MR) is 209 cm³/mol. The minimum Gasteiger partial charge on any atom is -0.491 e. The molecule has 0 radical (unpaired) electrons. The molecule has 1 saturated heterocycles. The highest BCUT2D eigenvalue weighted by Gasteiger charge is 2.64. The summed E-state index contributed by atoms with van der Waals surface area (Å²) in [6, 6.07) is 3.73. The normalized spacial score (nSPS) is 29.4. The Morgan fingerprint density at radius 1 is 1.13 bits per heavy atom. The molecule has 328 valence electrons. The molecule has 0 unspecified atom stereocenters. The fraction of sp³-hybridized carbons (Fsp3) is 0.634. The van der Waals surface area contributed by atoms with E-state index in [1.54, 1.807) is 24.3 Å². The molecule has 3 fully saturated rings. The Labute approximate surface area is 345 Å². The van der Waals surface area contributed by atoms with E-state index in [9.17, 15) is 45.5 Å². The molecular weight excluding hydrogens is 815 g/mol. The number of hydrogen-bond donors (Lipinski definition) is 3. The lowest BCUT2D eigenvalue weighted by atomic mass is 9.85. The summed E-state index contributed by atoms with van der Waals surface area (Å²) in [5.41, 5.74) is -4.26. The van der Waals surface area contributed by atoms with Gasteiger partial charge >= 0.3 is 12.3 Å². The summed E-state index contributed by atoms with van der Waals surface area (Å²) in [4.78, 5) is 62.5. The van der Waals surface area contributed by atoms with Crippen LogP contribution in [-0.4, -0.2) is 112 Å². The van der Waals surface area contributed by atoms with Crippen molar-refractivity contribution in [2.75, 3.05) is 19.8 Å². The number of pyridine rings is 1. The number of hydrogen-bond acceptors (Lipinski definition) is 9. The third-order valence-corrected chi connectivity index (χ3v) is 15.1. The van der Waals surface area contributed by atoms with Gasteiger partial charge in [0.05, 0.1) is 18.8 Å². The Kier molecular flexibility index (Phi) is 11.3. The first-order chi connectivity index (χ1) is 28.2. The molecule has 7 atom stereocenters. The minimum absolute atomic E-state index is 0.00695. The highest BCUT2D eigenvalue weighted by atomic mass is 32.2. The number of nitrogens with zero attached hydrogens (tertiary/aromatic N) is 3. The van der Waals surface area contributed by atoms with Gasteiger partial charge in [0.25, 0.3) is 5.91 Å². The number of amides is 4. The average Bonchev–Trinajstić information content (AvgIpc) is 4.09. The van der Waals surface area contributed by atoms with Crippen molar-refractivity contribution in [3.63, 3.8) is 0 Å². The molecule has 0 spiro atoms. The second-order valence-electron chi connectivity index (χ2n) is 17.7. The number of halogens is 4. The molecule has 1 aromatic carbocycles. The van der Waals surface area contributed by atoms with Crippen molar-refractivity contribution in [2.45, 2.75) is 126 Å². The van der Waals surface area contributed by atoms with Gasteiger partial charge in [-0.15, -0.1) is 0 Å². The fourth-order valence-electron chi connectivity index (χ4n) is 8.99. The van der Waals surface area contributed by atoms with Gasteiger partial charge in [-0.1, -0.05) is 44.2 Å². The number of carboxylic acid groups (broad SMARTS) is 1. The molecular formula is C41H51F4N5O9S. The van der Waals surface area contributed by atoms with Crippen molar-refractivity contribution >= 4 is 44.6 Å². The van der Waals surface area contributed by atoms with Gasteiger partial charge in [-0.25, -0.2) is 22.6 Å². The van der Waals surface area contributed by atoms with E-state index in [1.165, 1.54) is 6.92 Å². The average molecular weight is 866 g/mol. The summed E-state index contributed by atoms with van der Waals surface area (Å²) in [6.07, 6.45) is -2.64. The van der Waals surface area contributed by atoms with E-state index in [1.807, 2.05) is 23.8 Å². The quantitative estimate of drug-likeness (QED) is 0.228. The van der Waals surface area contributed by atoms with Crippen LogP contribution in [0, 0.1) is 17.8 Å². The highest BCUT2D eigenvalue weighted by Crippen LogP contribution is 2.48. The number of rotatable bonds is 8. The molecule has 2 saturated carbocycles. The summed E-state index contributed by atoms with van der Waals surface area (Å²) in [5, 5.41) is 14.4. The standard InChI is InChI=1S/C41H51F4N5O9S/c1-23-10-5-6-11-25-20-40(25,36(53)48-60(56,57)39(22-42)15-16-39)47-33(51)30-19-26(59-34-28-13-8-7-12-27(28)32-29(46-34)14-9-17-58-32)21-49(30)35(52)31(24(2)18-23)50(37(54)55)38(3,4)41(43,44)45/h6-8,11-13,23-26,30-31H,5,9-10,14-22H2,1-4H3,(H,47,51)(H,48,53)(H,54,55)/t23-,24-,25-,26-,30+,31+,40-/m1/s1. The molecule has 5 aliphatic rings. The zero-order valence-corrected chi connectivity index (χ0v) is 34.7. The van der Waals surface area contributed by atoms with Crippen LogP contribution >= 0.6 is 0 Å². The Balaban J connectivity index is 1.30. The van der Waals surface area contributed by atoms with Gasteiger partial charge in [0, 0.05) is 23.1 Å². The van der Waals surface area contributed by atoms with Crippen LogP contribution in [0.4, 0.5) is 22.4 Å². The van der Waals surface area contributed by atoms with Crippen molar-refractivity contribution in [1.29, 1.82) is 0 Å². The van der Waals surface area contributed by atoms with Crippen molar-refractivity contribution in [3.8, 4) is 11.6 Å². The molecule has 0 bridgehead atoms. The SMILES string of the molecule is C[C@@H]1CCC=C[C@@H]2C[C@@]2(C(=O)NS(=O)(=O)C2(CF)CC2)NC(=O)[C@@H]2C[C@@H](Oc3nc4c(c5ccccc35)OCCC4)CN2C(=O)[C@@H](N(C(=O)O)C(C)(C)C(F)(F)F)[C@H](C)C1. The van der Waals surface area contributed by atoms with Crippen molar-refractivity contribution in [1.82, 2.24) is 24.8 Å². The van der Waals surface area contributed by atoms with Crippen LogP contribution in [0.3, 0.4) is 0 Å². The number of benzene rings is 1. The van der Waals surface area contributed by atoms with Gasteiger partial charge in [0.15, 0.2) is 0 Å². The van der Waals surface area contributed by atoms with Crippen LogP contribution in [0.15, 0.2) is 36.4 Å². The summed E-state index contributed by atoms with van der Waals surface area (Å²) in [7, 11) is -4.50.